The standard InChI is InChI=1S/C12H15NO/c1-3-9-6-5-7-11-10(9)8-12(14)13(11)4-2/h5-7H,3-4,8H2,1-2H3. The summed E-state index contributed by atoms with van der Waals surface area (Å²) in [7, 11) is 0. The molecule has 0 aliphatic carbocycles. The van der Waals surface area contributed by atoms with E-state index in [0.29, 0.717) is 6.42 Å². The molecule has 1 heterocycles. The summed E-state index contributed by atoms with van der Waals surface area (Å²) in [6.45, 7) is 4.93. The lowest BCUT2D eigenvalue weighted by Gasteiger charge is -2.14. The number of nitrogens with zero attached hydrogens (tertiary/aromatic N) is 1. The van der Waals surface area contributed by atoms with Crippen molar-refractivity contribution in [1.82, 2.24) is 0 Å². The summed E-state index contributed by atoms with van der Waals surface area (Å²) in [4.78, 5) is 13.5. The van der Waals surface area contributed by atoms with Crippen LogP contribution in [0.1, 0.15) is 25.0 Å². The molecular weight excluding hydrogens is 174 g/mol. The number of benzene rings is 1. The number of carbonyl (C=O) groups is 1. The Balaban J connectivity index is 2.51. The third kappa shape index (κ3) is 1.22. The van der Waals surface area contributed by atoms with Gasteiger partial charge >= 0.3 is 0 Å². The number of anilines is 1. The van der Waals surface area contributed by atoms with Gasteiger partial charge in [-0.05, 0) is 30.5 Å². The van der Waals surface area contributed by atoms with Gasteiger partial charge in [-0.3, -0.25) is 4.79 Å². The van der Waals surface area contributed by atoms with Crippen molar-refractivity contribution in [1.29, 1.82) is 0 Å². The number of amides is 1. The Morgan fingerprint density at radius 1 is 1.36 bits per heavy atom. The number of likely N-dealkylation sites (N-methyl/N-ethyl adjacent to an activating group) is 1. The Kier molecular flexibility index (Phi) is 2.28. The summed E-state index contributed by atoms with van der Waals surface area (Å²) < 4.78 is 0. The average molecular weight is 189 g/mol. The van der Waals surface area contributed by atoms with E-state index >= 15 is 0 Å². The monoisotopic (exact) mass is 189 g/mol. The second-order valence-electron chi connectivity index (χ2n) is 3.58. The summed E-state index contributed by atoms with van der Waals surface area (Å²) in [6, 6.07) is 6.20. The molecule has 2 nitrogen and oxygen atoms in total. The molecule has 0 spiro atoms. The molecule has 1 amide bonds. The Morgan fingerprint density at radius 2 is 2.14 bits per heavy atom. The number of aryl methyl sites for hydroxylation is 1. The van der Waals surface area contributed by atoms with Crippen molar-refractivity contribution in [3.05, 3.63) is 29.3 Å². The first-order chi connectivity index (χ1) is 6.77. The fraction of sp³-hybridized carbons (Fsp3) is 0.417. The fourth-order valence-electron chi connectivity index (χ4n) is 2.14. The number of hydrogen-bond donors (Lipinski definition) is 0. The zero-order chi connectivity index (χ0) is 10.1. The minimum Gasteiger partial charge on any atom is -0.312 e. The van der Waals surface area contributed by atoms with E-state index in [1.165, 1.54) is 11.1 Å². The van der Waals surface area contributed by atoms with Crippen molar-refractivity contribution >= 4 is 11.6 Å². The Morgan fingerprint density at radius 3 is 2.79 bits per heavy atom. The van der Waals surface area contributed by atoms with E-state index in [4.69, 9.17) is 0 Å². The lowest BCUT2D eigenvalue weighted by molar-refractivity contribution is -0.117. The number of rotatable bonds is 2. The molecular formula is C12H15NO. The molecule has 0 aromatic heterocycles. The van der Waals surface area contributed by atoms with Gasteiger partial charge in [-0.15, -0.1) is 0 Å². The van der Waals surface area contributed by atoms with E-state index in [1.54, 1.807) is 0 Å². The van der Waals surface area contributed by atoms with Crippen molar-refractivity contribution in [2.45, 2.75) is 26.7 Å². The van der Waals surface area contributed by atoms with Crippen molar-refractivity contribution < 1.29 is 4.79 Å². The highest BCUT2D eigenvalue weighted by atomic mass is 16.2. The molecule has 1 aliphatic heterocycles. The van der Waals surface area contributed by atoms with E-state index in [-0.39, 0.29) is 5.91 Å². The molecule has 0 bridgehead atoms. The minimum atomic E-state index is 0.239. The van der Waals surface area contributed by atoms with E-state index < -0.39 is 0 Å². The average Bonchev–Trinajstić information content (AvgIpc) is 2.52. The van der Waals surface area contributed by atoms with Crippen LogP contribution in [0.25, 0.3) is 0 Å². The maximum Gasteiger partial charge on any atom is 0.231 e. The maximum atomic E-state index is 11.7. The summed E-state index contributed by atoms with van der Waals surface area (Å²) in [5.41, 5.74) is 3.67. The van der Waals surface area contributed by atoms with Gasteiger partial charge in [-0.1, -0.05) is 19.1 Å². The number of carbonyl (C=O) groups excluding carboxylic acids is 1. The van der Waals surface area contributed by atoms with Gasteiger partial charge < -0.3 is 4.90 Å². The maximum absolute atomic E-state index is 11.7. The predicted molar refractivity (Wildman–Crippen MR) is 57.6 cm³/mol. The molecule has 74 valence electrons. The third-order valence-corrected chi connectivity index (χ3v) is 2.87. The largest absolute Gasteiger partial charge is 0.312 e. The Labute approximate surface area is 84.5 Å². The van der Waals surface area contributed by atoms with Crippen LogP contribution in [0.2, 0.25) is 0 Å². The molecule has 2 rings (SSSR count). The van der Waals surface area contributed by atoms with E-state index in [0.717, 1.165) is 18.7 Å². The molecule has 0 saturated heterocycles. The smallest absolute Gasteiger partial charge is 0.231 e. The minimum absolute atomic E-state index is 0.239. The van der Waals surface area contributed by atoms with Gasteiger partial charge in [0, 0.05) is 12.2 Å². The summed E-state index contributed by atoms with van der Waals surface area (Å²) >= 11 is 0. The van der Waals surface area contributed by atoms with Gasteiger partial charge in [0.05, 0.1) is 6.42 Å². The van der Waals surface area contributed by atoms with Crippen LogP contribution >= 0.6 is 0 Å². The van der Waals surface area contributed by atoms with Crippen LogP contribution in [0.5, 0.6) is 0 Å². The van der Waals surface area contributed by atoms with Crippen LogP contribution in [-0.4, -0.2) is 12.5 Å². The molecule has 0 unspecified atom stereocenters. The molecule has 1 aromatic rings. The SMILES string of the molecule is CCc1cccc2c1CC(=O)N2CC. The van der Waals surface area contributed by atoms with Gasteiger partial charge in [-0.2, -0.15) is 0 Å². The highest BCUT2D eigenvalue weighted by molar-refractivity contribution is 6.01. The zero-order valence-corrected chi connectivity index (χ0v) is 8.71. The van der Waals surface area contributed by atoms with Gasteiger partial charge in [0.2, 0.25) is 5.91 Å². The summed E-state index contributed by atoms with van der Waals surface area (Å²) in [5.74, 6) is 0.239. The third-order valence-electron chi connectivity index (χ3n) is 2.87. The number of hydrogen-bond acceptors (Lipinski definition) is 1. The van der Waals surface area contributed by atoms with Crippen LogP contribution in [-0.2, 0) is 17.6 Å². The lowest BCUT2D eigenvalue weighted by atomic mass is 10.0. The lowest BCUT2D eigenvalue weighted by Crippen LogP contribution is -2.25. The topological polar surface area (TPSA) is 20.3 Å². The molecule has 0 radical (unpaired) electrons. The molecule has 0 atom stereocenters. The molecule has 1 aromatic carbocycles. The van der Waals surface area contributed by atoms with Crippen LogP contribution in [0.15, 0.2) is 18.2 Å². The van der Waals surface area contributed by atoms with Crippen LogP contribution in [0.3, 0.4) is 0 Å². The van der Waals surface area contributed by atoms with Gasteiger partial charge in [0.15, 0.2) is 0 Å². The molecule has 14 heavy (non-hydrogen) atoms. The second-order valence-corrected chi connectivity index (χ2v) is 3.58. The number of fused-ring (bicyclic) bond motifs is 1. The summed E-state index contributed by atoms with van der Waals surface area (Å²) in [6.07, 6.45) is 1.60. The quantitative estimate of drug-likeness (QED) is 0.698. The molecule has 2 heteroatoms. The second kappa shape index (κ2) is 3.45. The summed E-state index contributed by atoms with van der Waals surface area (Å²) in [5, 5.41) is 0. The molecule has 0 saturated carbocycles. The predicted octanol–water partition coefficient (Wildman–Crippen LogP) is 2.16. The molecule has 1 aliphatic rings. The zero-order valence-electron chi connectivity index (χ0n) is 8.71. The fourth-order valence-corrected chi connectivity index (χ4v) is 2.14. The van der Waals surface area contributed by atoms with Crippen LogP contribution < -0.4 is 4.90 Å². The molecule has 0 fully saturated rings. The highest BCUT2D eigenvalue weighted by Gasteiger charge is 2.26. The van der Waals surface area contributed by atoms with Gasteiger partial charge in [0.25, 0.3) is 0 Å². The van der Waals surface area contributed by atoms with Crippen LogP contribution in [0, 0.1) is 0 Å². The Hall–Kier alpha value is -1.31. The first-order valence-corrected chi connectivity index (χ1v) is 5.19. The van der Waals surface area contributed by atoms with Gasteiger partial charge in [-0.25, -0.2) is 0 Å². The van der Waals surface area contributed by atoms with Crippen LogP contribution in [0.4, 0.5) is 5.69 Å². The van der Waals surface area contributed by atoms with Gasteiger partial charge in [0.1, 0.15) is 0 Å². The molecule has 0 N–H and O–H groups in total. The van der Waals surface area contributed by atoms with Crippen molar-refractivity contribution in [3.63, 3.8) is 0 Å². The van der Waals surface area contributed by atoms with E-state index in [1.807, 2.05) is 24.0 Å². The normalized spacial score (nSPS) is 14.7. The van der Waals surface area contributed by atoms with Crippen molar-refractivity contribution in [2.75, 3.05) is 11.4 Å². The van der Waals surface area contributed by atoms with E-state index in [9.17, 15) is 4.79 Å². The first kappa shape index (κ1) is 9.25. The van der Waals surface area contributed by atoms with Crippen molar-refractivity contribution in [3.8, 4) is 0 Å². The van der Waals surface area contributed by atoms with E-state index in [2.05, 4.69) is 13.0 Å². The first-order valence-electron chi connectivity index (χ1n) is 5.19. The Bertz CT molecular complexity index is 371. The van der Waals surface area contributed by atoms with Crippen molar-refractivity contribution in [2.24, 2.45) is 0 Å². The highest BCUT2D eigenvalue weighted by Crippen LogP contribution is 2.31.